The fourth-order valence-corrected chi connectivity index (χ4v) is 3.04. The minimum atomic E-state index is -1.08. The number of rotatable bonds is 4. The molecule has 2 rings (SSSR count). The number of aryl methyl sites for hydroxylation is 1. The van der Waals surface area contributed by atoms with Crippen molar-refractivity contribution in [3.8, 4) is 0 Å². The number of hydrogen-bond donors (Lipinski definition) is 1. The lowest BCUT2D eigenvalue weighted by molar-refractivity contribution is 0.0692. The summed E-state index contributed by atoms with van der Waals surface area (Å²) < 4.78 is 6.35. The molecule has 1 N–H and O–H groups in total. The summed E-state index contributed by atoms with van der Waals surface area (Å²) in [5, 5.41) is 9.10. The van der Waals surface area contributed by atoms with Crippen molar-refractivity contribution in [1.29, 1.82) is 0 Å². The van der Waals surface area contributed by atoms with Crippen LogP contribution in [-0.2, 0) is 0 Å². The lowest BCUT2D eigenvalue weighted by Crippen LogP contribution is -2.23. The third-order valence-corrected chi connectivity index (χ3v) is 4.05. The molecule has 1 aromatic heterocycles. The molecule has 8 heteroatoms. The lowest BCUT2D eigenvalue weighted by Gasteiger charge is -2.05. The quantitative estimate of drug-likeness (QED) is 0.830. The largest absolute Gasteiger partial charge is 0.478 e. The highest BCUT2D eigenvalue weighted by molar-refractivity contribution is 9.10. The SMILES string of the molecule is Cc1cc(=O)n(C(=O)CSc2cc(Br)ccc2C(=O)O)o1. The fraction of sp³-hybridized carbons (Fsp3) is 0.154. The lowest BCUT2D eigenvalue weighted by atomic mass is 10.2. The summed E-state index contributed by atoms with van der Waals surface area (Å²) in [6, 6.07) is 5.88. The molecular formula is C13H10BrNO5S. The van der Waals surface area contributed by atoms with Gasteiger partial charge in [-0.3, -0.25) is 9.59 Å². The van der Waals surface area contributed by atoms with E-state index in [0.717, 1.165) is 11.8 Å². The van der Waals surface area contributed by atoms with E-state index in [-0.39, 0.29) is 11.3 Å². The smallest absolute Gasteiger partial charge is 0.336 e. The maximum absolute atomic E-state index is 11.9. The van der Waals surface area contributed by atoms with E-state index in [0.29, 0.717) is 19.9 Å². The Morgan fingerprint density at radius 1 is 1.38 bits per heavy atom. The van der Waals surface area contributed by atoms with Crippen LogP contribution in [0.1, 0.15) is 20.9 Å². The molecule has 0 bridgehead atoms. The van der Waals surface area contributed by atoms with Crippen LogP contribution in [0.2, 0.25) is 0 Å². The monoisotopic (exact) mass is 371 g/mol. The third kappa shape index (κ3) is 3.64. The zero-order valence-electron chi connectivity index (χ0n) is 10.8. The van der Waals surface area contributed by atoms with Crippen LogP contribution in [0.15, 0.2) is 43.0 Å². The molecule has 1 heterocycles. The van der Waals surface area contributed by atoms with Crippen molar-refractivity contribution < 1.29 is 19.2 Å². The maximum Gasteiger partial charge on any atom is 0.336 e. The molecule has 0 amide bonds. The molecular weight excluding hydrogens is 362 g/mol. The Morgan fingerprint density at radius 2 is 2.10 bits per heavy atom. The van der Waals surface area contributed by atoms with Gasteiger partial charge in [-0.2, -0.15) is 0 Å². The van der Waals surface area contributed by atoms with Gasteiger partial charge in [0.25, 0.3) is 11.5 Å². The summed E-state index contributed by atoms with van der Waals surface area (Å²) in [7, 11) is 0. The molecule has 0 atom stereocenters. The van der Waals surface area contributed by atoms with Crippen LogP contribution in [0, 0.1) is 6.92 Å². The molecule has 21 heavy (non-hydrogen) atoms. The van der Waals surface area contributed by atoms with Gasteiger partial charge in [0.05, 0.1) is 11.3 Å². The van der Waals surface area contributed by atoms with Gasteiger partial charge < -0.3 is 9.63 Å². The van der Waals surface area contributed by atoms with E-state index in [1.165, 1.54) is 12.1 Å². The van der Waals surface area contributed by atoms with Crippen LogP contribution >= 0.6 is 27.7 Å². The number of carbonyl (C=O) groups excluding carboxylic acids is 1. The molecule has 0 unspecified atom stereocenters. The Kier molecular flexibility index (Phi) is 4.69. The van der Waals surface area contributed by atoms with Gasteiger partial charge in [0, 0.05) is 15.4 Å². The van der Waals surface area contributed by atoms with Gasteiger partial charge in [0.15, 0.2) is 0 Å². The molecule has 110 valence electrons. The molecule has 0 spiro atoms. The molecule has 6 nitrogen and oxygen atoms in total. The Bertz CT molecular complexity index is 764. The standard InChI is InChI=1S/C13H10BrNO5S/c1-7-4-11(16)15(20-7)12(17)6-21-10-5-8(14)2-3-9(10)13(18)19/h2-5H,6H2,1H3,(H,18,19). The average Bonchev–Trinajstić information content (AvgIpc) is 2.74. The van der Waals surface area contributed by atoms with Gasteiger partial charge >= 0.3 is 5.97 Å². The number of thioether (sulfide) groups is 1. The molecule has 0 aliphatic heterocycles. The second kappa shape index (κ2) is 6.31. The topological polar surface area (TPSA) is 89.5 Å². The minimum absolute atomic E-state index is 0.0963. The number of carboxylic acids is 1. The number of aromatic nitrogens is 1. The number of aromatic carboxylic acids is 1. The predicted octanol–water partition coefficient (Wildman–Crippen LogP) is 2.64. The van der Waals surface area contributed by atoms with Crippen molar-refractivity contribution in [2.45, 2.75) is 11.8 Å². The third-order valence-electron chi connectivity index (χ3n) is 2.51. The molecule has 0 saturated heterocycles. The van der Waals surface area contributed by atoms with Crippen molar-refractivity contribution in [3.05, 3.63) is 50.4 Å². The summed E-state index contributed by atoms with van der Waals surface area (Å²) in [4.78, 5) is 34.9. The average molecular weight is 372 g/mol. The van der Waals surface area contributed by atoms with Gasteiger partial charge in [-0.1, -0.05) is 15.9 Å². The van der Waals surface area contributed by atoms with Gasteiger partial charge in [-0.05, 0) is 25.1 Å². The Balaban J connectivity index is 2.18. The number of carbonyl (C=O) groups is 2. The highest BCUT2D eigenvalue weighted by Crippen LogP contribution is 2.26. The van der Waals surface area contributed by atoms with E-state index < -0.39 is 17.4 Å². The number of hydrogen-bond acceptors (Lipinski definition) is 5. The summed E-state index contributed by atoms with van der Waals surface area (Å²) in [5.41, 5.74) is -0.440. The van der Waals surface area contributed by atoms with Crippen LogP contribution in [0.3, 0.4) is 0 Å². The van der Waals surface area contributed by atoms with Crippen LogP contribution in [0.5, 0.6) is 0 Å². The number of benzene rings is 1. The van der Waals surface area contributed by atoms with E-state index in [1.807, 2.05) is 0 Å². The Labute approximate surface area is 131 Å². The van der Waals surface area contributed by atoms with Crippen molar-refractivity contribution in [3.63, 3.8) is 0 Å². The molecule has 2 aromatic rings. The van der Waals surface area contributed by atoms with Crippen LogP contribution in [-0.4, -0.2) is 27.5 Å². The van der Waals surface area contributed by atoms with E-state index in [4.69, 9.17) is 9.63 Å². The highest BCUT2D eigenvalue weighted by Gasteiger charge is 2.16. The van der Waals surface area contributed by atoms with Gasteiger partial charge in [-0.15, -0.1) is 16.5 Å². The van der Waals surface area contributed by atoms with E-state index in [9.17, 15) is 14.4 Å². The maximum atomic E-state index is 11.9. The van der Waals surface area contributed by atoms with E-state index >= 15 is 0 Å². The molecule has 0 saturated carbocycles. The number of halogens is 1. The number of carboxylic acid groups (broad SMARTS) is 1. The predicted molar refractivity (Wildman–Crippen MR) is 80.2 cm³/mol. The van der Waals surface area contributed by atoms with Crippen molar-refractivity contribution in [2.75, 3.05) is 5.75 Å². The molecule has 0 radical (unpaired) electrons. The fourth-order valence-electron chi connectivity index (χ4n) is 1.61. The molecule has 0 aliphatic carbocycles. The highest BCUT2D eigenvalue weighted by atomic mass is 79.9. The van der Waals surface area contributed by atoms with Gasteiger partial charge in [-0.25, -0.2) is 4.79 Å². The van der Waals surface area contributed by atoms with Crippen molar-refractivity contribution in [2.24, 2.45) is 0 Å². The van der Waals surface area contributed by atoms with E-state index in [1.54, 1.807) is 19.1 Å². The summed E-state index contributed by atoms with van der Waals surface area (Å²) in [6.45, 7) is 1.56. The first-order valence-corrected chi connectivity index (χ1v) is 7.55. The van der Waals surface area contributed by atoms with Crippen LogP contribution in [0.4, 0.5) is 0 Å². The summed E-state index contributed by atoms with van der Waals surface area (Å²) in [6.07, 6.45) is 0. The second-order valence-corrected chi connectivity index (χ2v) is 6.04. The molecule has 0 aliphatic rings. The minimum Gasteiger partial charge on any atom is -0.478 e. The van der Waals surface area contributed by atoms with Crippen molar-refractivity contribution >= 4 is 39.6 Å². The first-order valence-electron chi connectivity index (χ1n) is 5.77. The zero-order valence-corrected chi connectivity index (χ0v) is 13.2. The first-order chi connectivity index (χ1) is 9.88. The summed E-state index contributed by atoms with van der Waals surface area (Å²) in [5.74, 6) is -1.39. The first kappa shape index (κ1) is 15.6. The van der Waals surface area contributed by atoms with Crippen molar-refractivity contribution in [1.82, 2.24) is 4.74 Å². The van der Waals surface area contributed by atoms with Crippen LogP contribution in [0.25, 0.3) is 0 Å². The summed E-state index contributed by atoms with van der Waals surface area (Å²) >= 11 is 4.28. The normalized spacial score (nSPS) is 10.6. The van der Waals surface area contributed by atoms with Gasteiger partial charge in [0.1, 0.15) is 5.76 Å². The Hall–Kier alpha value is -1.80. The van der Waals surface area contributed by atoms with Crippen LogP contribution < -0.4 is 5.56 Å². The second-order valence-electron chi connectivity index (χ2n) is 4.11. The number of nitrogens with zero attached hydrogens (tertiary/aromatic N) is 1. The van der Waals surface area contributed by atoms with E-state index in [2.05, 4.69) is 15.9 Å². The Morgan fingerprint density at radius 3 is 2.67 bits per heavy atom. The van der Waals surface area contributed by atoms with Gasteiger partial charge in [0.2, 0.25) is 0 Å². The molecule has 0 fully saturated rings. The zero-order chi connectivity index (χ0) is 15.6. The molecule has 1 aromatic carbocycles.